The molecular formula is C19H17ClN2O3. The summed E-state index contributed by atoms with van der Waals surface area (Å²) < 4.78 is 6.92. The number of carbonyl (C=O) groups is 1. The van der Waals surface area contributed by atoms with Crippen molar-refractivity contribution in [3.63, 3.8) is 0 Å². The molecular weight excluding hydrogens is 340 g/mol. The van der Waals surface area contributed by atoms with Crippen molar-refractivity contribution in [1.29, 1.82) is 0 Å². The van der Waals surface area contributed by atoms with E-state index >= 15 is 0 Å². The van der Waals surface area contributed by atoms with Crippen LogP contribution in [-0.4, -0.2) is 17.6 Å². The predicted molar refractivity (Wildman–Crippen MR) is 99.9 cm³/mol. The van der Waals surface area contributed by atoms with E-state index in [2.05, 4.69) is 5.32 Å². The Bertz CT molecular complexity index is 1040. The molecule has 25 heavy (non-hydrogen) atoms. The molecule has 0 saturated heterocycles. The molecule has 0 aliphatic rings. The number of fused-ring (bicyclic) bond motifs is 1. The van der Waals surface area contributed by atoms with Crippen molar-refractivity contribution in [3.05, 3.63) is 69.0 Å². The number of hydrogen-bond donors (Lipinski definition) is 1. The highest BCUT2D eigenvalue weighted by Gasteiger charge is 2.16. The van der Waals surface area contributed by atoms with E-state index in [4.69, 9.17) is 16.3 Å². The average molecular weight is 357 g/mol. The van der Waals surface area contributed by atoms with Crippen molar-refractivity contribution in [2.24, 2.45) is 7.05 Å². The first-order valence-electron chi connectivity index (χ1n) is 7.66. The molecule has 0 saturated carbocycles. The molecule has 128 valence electrons. The predicted octanol–water partition coefficient (Wildman–Crippen LogP) is 3.76. The van der Waals surface area contributed by atoms with Crippen LogP contribution in [0.15, 0.2) is 47.4 Å². The minimum absolute atomic E-state index is 0.0580. The minimum Gasteiger partial charge on any atom is -0.497 e. The lowest BCUT2D eigenvalue weighted by molar-refractivity contribution is 0.102. The Morgan fingerprint density at radius 2 is 2.00 bits per heavy atom. The summed E-state index contributed by atoms with van der Waals surface area (Å²) in [5.41, 5.74) is 1.76. The number of pyridine rings is 1. The van der Waals surface area contributed by atoms with Crippen LogP contribution in [0.1, 0.15) is 15.9 Å². The third kappa shape index (κ3) is 3.10. The zero-order chi connectivity index (χ0) is 18.1. The van der Waals surface area contributed by atoms with Gasteiger partial charge in [-0.25, -0.2) is 0 Å². The van der Waals surface area contributed by atoms with Crippen LogP contribution in [0.25, 0.3) is 10.9 Å². The second-order valence-electron chi connectivity index (χ2n) is 5.73. The van der Waals surface area contributed by atoms with E-state index in [0.717, 1.165) is 11.1 Å². The third-order valence-corrected chi connectivity index (χ3v) is 4.57. The monoisotopic (exact) mass is 356 g/mol. The van der Waals surface area contributed by atoms with E-state index in [1.807, 2.05) is 0 Å². The van der Waals surface area contributed by atoms with Crippen molar-refractivity contribution in [2.45, 2.75) is 6.92 Å². The number of anilines is 1. The fraction of sp³-hybridized carbons (Fsp3) is 0.158. The van der Waals surface area contributed by atoms with Gasteiger partial charge in [-0.05, 0) is 42.8 Å². The molecule has 1 N–H and O–H groups in total. The number of aromatic nitrogens is 1. The molecule has 2 aromatic carbocycles. The SMILES string of the molecule is COc1ccc2c(c1)c(=O)c(C(=O)Nc1cccc(Cl)c1C)cn2C. The summed E-state index contributed by atoms with van der Waals surface area (Å²) in [5.74, 6) is 0.0866. The van der Waals surface area contributed by atoms with E-state index in [1.165, 1.54) is 13.3 Å². The van der Waals surface area contributed by atoms with E-state index in [9.17, 15) is 9.59 Å². The van der Waals surface area contributed by atoms with E-state index in [0.29, 0.717) is 21.8 Å². The van der Waals surface area contributed by atoms with Crippen molar-refractivity contribution < 1.29 is 9.53 Å². The summed E-state index contributed by atoms with van der Waals surface area (Å²) in [6.45, 7) is 1.81. The number of nitrogens with one attached hydrogen (secondary N) is 1. The summed E-state index contributed by atoms with van der Waals surface area (Å²) in [6.07, 6.45) is 1.53. The highest BCUT2D eigenvalue weighted by atomic mass is 35.5. The number of methoxy groups -OCH3 is 1. The number of rotatable bonds is 3. The lowest BCUT2D eigenvalue weighted by Gasteiger charge is -2.12. The van der Waals surface area contributed by atoms with Crippen molar-refractivity contribution in [2.75, 3.05) is 12.4 Å². The molecule has 6 heteroatoms. The summed E-state index contributed by atoms with van der Waals surface area (Å²) >= 11 is 6.08. The molecule has 3 rings (SSSR count). The number of hydrogen-bond acceptors (Lipinski definition) is 3. The van der Waals surface area contributed by atoms with E-state index < -0.39 is 5.91 Å². The van der Waals surface area contributed by atoms with E-state index in [1.54, 1.807) is 54.9 Å². The first-order valence-corrected chi connectivity index (χ1v) is 8.04. The van der Waals surface area contributed by atoms with Gasteiger partial charge in [-0.15, -0.1) is 0 Å². The minimum atomic E-state index is -0.476. The number of nitrogens with zero attached hydrogens (tertiary/aromatic N) is 1. The van der Waals surface area contributed by atoms with Crippen molar-refractivity contribution >= 4 is 34.1 Å². The molecule has 0 aliphatic heterocycles. The van der Waals surface area contributed by atoms with Crippen LogP contribution in [0.2, 0.25) is 5.02 Å². The van der Waals surface area contributed by atoms with Crippen LogP contribution in [0, 0.1) is 6.92 Å². The maximum absolute atomic E-state index is 12.8. The maximum atomic E-state index is 12.8. The Labute approximate surface area is 149 Å². The second-order valence-corrected chi connectivity index (χ2v) is 6.14. The Morgan fingerprint density at radius 1 is 1.24 bits per heavy atom. The average Bonchev–Trinajstić information content (AvgIpc) is 2.61. The number of benzene rings is 2. The van der Waals surface area contributed by atoms with Gasteiger partial charge in [0.05, 0.1) is 18.0 Å². The number of halogens is 1. The van der Waals surface area contributed by atoms with Crippen LogP contribution >= 0.6 is 11.6 Å². The molecule has 0 atom stereocenters. The molecule has 0 fully saturated rings. The summed E-state index contributed by atoms with van der Waals surface area (Å²) in [5, 5.41) is 3.74. The Kier molecular flexibility index (Phi) is 4.51. The van der Waals surface area contributed by atoms with Gasteiger partial charge in [0.25, 0.3) is 5.91 Å². The number of amides is 1. The smallest absolute Gasteiger partial charge is 0.261 e. The molecule has 5 nitrogen and oxygen atoms in total. The Morgan fingerprint density at radius 3 is 2.72 bits per heavy atom. The molecule has 0 radical (unpaired) electrons. The lowest BCUT2D eigenvalue weighted by atomic mass is 10.1. The van der Waals surface area contributed by atoms with Crippen LogP contribution < -0.4 is 15.5 Å². The summed E-state index contributed by atoms with van der Waals surface area (Å²) in [6, 6.07) is 10.4. The zero-order valence-corrected chi connectivity index (χ0v) is 14.8. The van der Waals surface area contributed by atoms with Crippen molar-refractivity contribution in [1.82, 2.24) is 4.57 Å². The fourth-order valence-electron chi connectivity index (χ4n) is 2.69. The lowest BCUT2D eigenvalue weighted by Crippen LogP contribution is -2.23. The second kappa shape index (κ2) is 6.61. The van der Waals surface area contributed by atoms with Gasteiger partial charge in [-0.1, -0.05) is 17.7 Å². The van der Waals surface area contributed by atoms with Gasteiger partial charge in [0.2, 0.25) is 5.43 Å². The molecule has 1 aromatic heterocycles. The molecule has 0 unspecified atom stereocenters. The van der Waals surface area contributed by atoms with E-state index in [-0.39, 0.29) is 11.0 Å². The summed E-state index contributed by atoms with van der Waals surface area (Å²) in [7, 11) is 3.32. The number of ether oxygens (including phenoxy) is 1. The number of carbonyl (C=O) groups excluding carboxylic acids is 1. The van der Waals surface area contributed by atoms with Crippen LogP contribution in [0.5, 0.6) is 5.75 Å². The first kappa shape index (κ1) is 17.0. The standard InChI is InChI=1S/C19H17ClN2O3/c1-11-15(20)5-4-6-16(11)21-19(24)14-10-22(2)17-8-7-12(25-3)9-13(17)18(14)23/h4-10H,1-3H3,(H,21,24). The normalized spacial score (nSPS) is 10.7. The number of aryl methyl sites for hydroxylation is 1. The largest absolute Gasteiger partial charge is 0.497 e. The molecule has 3 aromatic rings. The van der Waals surface area contributed by atoms with Gasteiger partial charge in [0, 0.05) is 24.0 Å². The highest BCUT2D eigenvalue weighted by Crippen LogP contribution is 2.24. The summed E-state index contributed by atoms with van der Waals surface area (Å²) in [4.78, 5) is 25.4. The van der Waals surface area contributed by atoms with Gasteiger partial charge in [0.15, 0.2) is 0 Å². The maximum Gasteiger partial charge on any atom is 0.261 e. The van der Waals surface area contributed by atoms with Crippen LogP contribution in [0.3, 0.4) is 0 Å². The van der Waals surface area contributed by atoms with Crippen molar-refractivity contribution in [3.8, 4) is 5.75 Å². The molecule has 0 spiro atoms. The van der Waals surface area contributed by atoms with Gasteiger partial charge >= 0.3 is 0 Å². The topological polar surface area (TPSA) is 60.3 Å². The fourth-order valence-corrected chi connectivity index (χ4v) is 2.87. The molecule has 0 bridgehead atoms. The molecule has 1 heterocycles. The van der Waals surface area contributed by atoms with Gasteiger partial charge in [0.1, 0.15) is 11.3 Å². The third-order valence-electron chi connectivity index (χ3n) is 4.16. The molecule has 1 amide bonds. The highest BCUT2D eigenvalue weighted by molar-refractivity contribution is 6.31. The quantitative estimate of drug-likeness (QED) is 0.777. The van der Waals surface area contributed by atoms with Crippen LogP contribution in [-0.2, 0) is 7.05 Å². The Hall–Kier alpha value is -2.79. The Balaban J connectivity index is 2.09. The zero-order valence-electron chi connectivity index (χ0n) is 14.1. The van der Waals surface area contributed by atoms with Crippen LogP contribution in [0.4, 0.5) is 5.69 Å². The first-order chi connectivity index (χ1) is 11.9. The van der Waals surface area contributed by atoms with Gasteiger partial charge < -0.3 is 14.6 Å². The molecule has 0 aliphatic carbocycles. The van der Waals surface area contributed by atoms with Gasteiger partial charge in [-0.3, -0.25) is 9.59 Å². The van der Waals surface area contributed by atoms with Gasteiger partial charge in [-0.2, -0.15) is 0 Å².